The van der Waals surface area contributed by atoms with Crippen LogP contribution in [0.25, 0.3) is 0 Å². The maximum atomic E-state index is 11.2. The number of esters is 1. The fraction of sp³-hybridized carbons (Fsp3) is 0.500. The highest BCUT2D eigenvalue weighted by molar-refractivity contribution is 5.75. The maximum Gasteiger partial charge on any atom is 0.325 e. The van der Waals surface area contributed by atoms with Crippen molar-refractivity contribution in [1.82, 2.24) is 4.98 Å². The van der Waals surface area contributed by atoms with E-state index in [1.54, 1.807) is 24.2 Å². The second kappa shape index (κ2) is 6.73. The number of carbonyl (C=O) groups is 1. The van der Waals surface area contributed by atoms with Crippen molar-refractivity contribution < 1.29 is 14.3 Å². The number of aromatic nitrogens is 1. The van der Waals surface area contributed by atoms with Gasteiger partial charge >= 0.3 is 5.97 Å². The van der Waals surface area contributed by atoms with Crippen molar-refractivity contribution in [3.63, 3.8) is 0 Å². The minimum atomic E-state index is -0.306. The lowest BCUT2D eigenvalue weighted by molar-refractivity contribution is -0.138. The van der Waals surface area contributed by atoms with Gasteiger partial charge in [-0.25, -0.2) is 4.98 Å². The van der Waals surface area contributed by atoms with Gasteiger partial charge in [-0.2, -0.15) is 0 Å². The molecule has 0 saturated heterocycles. The van der Waals surface area contributed by atoms with Gasteiger partial charge in [0.05, 0.1) is 13.7 Å². The maximum absolute atomic E-state index is 11.2. The molecule has 1 heterocycles. The molecule has 0 aliphatic rings. The van der Waals surface area contributed by atoms with E-state index in [4.69, 9.17) is 4.74 Å². The Kier molecular flexibility index (Phi) is 5.26. The lowest BCUT2D eigenvalue weighted by atomic mass is 10.4. The van der Waals surface area contributed by atoms with E-state index in [0.29, 0.717) is 18.2 Å². The molecule has 0 unspecified atom stereocenters. The third kappa shape index (κ3) is 3.94. The van der Waals surface area contributed by atoms with Crippen molar-refractivity contribution in [3.8, 4) is 5.75 Å². The molecule has 1 aromatic heterocycles. The van der Waals surface area contributed by atoms with Gasteiger partial charge in [0.1, 0.15) is 6.54 Å². The number of pyridine rings is 1. The largest absolute Gasteiger partial charge is 0.490 e. The number of carbonyl (C=O) groups excluding carboxylic acids is 1. The molecule has 0 saturated carbocycles. The van der Waals surface area contributed by atoms with Crippen LogP contribution in [0.3, 0.4) is 0 Å². The monoisotopic (exact) mass is 238 g/mol. The first-order chi connectivity index (χ1) is 8.19. The molecule has 0 aromatic carbocycles. The molecule has 5 heteroatoms. The van der Waals surface area contributed by atoms with Crippen LogP contribution < -0.4 is 9.64 Å². The van der Waals surface area contributed by atoms with Gasteiger partial charge in [-0.15, -0.1) is 0 Å². The lowest BCUT2D eigenvalue weighted by Crippen LogP contribution is -2.27. The van der Waals surface area contributed by atoms with Crippen molar-refractivity contribution in [3.05, 3.63) is 18.3 Å². The third-order valence-electron chi connectivity index (χ3n) is 2.17. The second-order valence-electron chi connectivity index (χ2n) is 3.61. The zero-order chi connectivity index (χ0) is 12.7. The van der Waals surface area contributed by atoms with E-state index in [0.717, 1.165) is 6.42 Å². The first-order valence-electron chi connectivity index (χ1n) is 5.54. The molecular formula is C12H18N2O3. The normalized spacial score (nSPS) is 9.82. The molecule has 0 spiro atoms. The van der Waals surface area contributed by atoms with E-state index < -0.39 is 0 Å². The first kappa shape index (κ1) is 13.3. The first-order valence-corrected chi connectivity index (χ1v) is 5.54. The minimum Gasteiger partial charge on any atom is -0.490 e. The Morgan fingerprint density at radius 3 is 2.94 bits per heavy atom. The van der Waals surface area contributed by atoms with Crippen LogP contribution in [-0.2, 0) is 9.53 Å². The molecule has 0 N–H and O–H groups in total. The van der Waals surface area contributed by atoms with Crippen molar-refractivity contribution in [1.29, 1.82) is 0 Å². The van der Waals surface area contributed by atoms with E-state index >= 15 is 0 Å². The quantitative estimate of drug-likeness (QED) is 0.703. The number of anilines is 1. The van der Waals surface area contributed by atoms with Crippen molar-refractivity contribution in [2.45, 2.75) is 13.3 Å². The van der Waals surface area contributed by atoms with Crippen molar-refractivity contribution >= 4 is 11.8 Å². The Hall–Kier alpha value is -1.78. The molecule has 0 radical (unpaired) electrons. The average Bonchev–Trinajstić information content (AvgIpc) is 2.36. The Morgan fingerprint density at radius 2 is 2.29 bits per heavy atom. The van der Waals surface area contributed by atoms with Gasteiger partial charge in [0.25, 0.3) is 0 Å². The molecule has 0 aliphatic heterocycles. The van der Waals surface area contributed by atoms with Gasteiger partial charge in [0.15, 0.2) is 11.6 Å². The fourth-order valence-corrected chi connectivity index (χ4v) is 1.33. The van der Waals surface area contributed by atoms with Gasteiger partial charge in [-0.3, -0.25) is 4.79 Å². The molecule has 0 amide bonds. The molecule has 1 aromatic rings. The number of hydrogen-bond acceptors (Lipinski definition) is 5. The predicted molar refractivity (Wildman–Crippen MR) is 65.3 cm³/mol. The van der Waals surface area contributed by atoms with Gasteiger partial charge < -0.3 is 14.4 Å². The summed E-state index contributed by atoms with van der Waals surface area (Å²) in [5, 5.41) is 0. The van der Waals surface area contributed by atoms with Gasteiger partial charge in [-0.05, 0) is 18.6 Å². The summed E-state index contributed by atoms with van der Waals surface area (Å²) in [5.74, 6) is 1.02. The summed E-state index contributed by atoms with van der Waals surface area (Å²) in [7, 11) is 3.14. The van der Waals surface area contributed by atoms with Crippen LogP contribution in [0.2, 0.25) is 0 Å². The van der Waals surface area contributed by atoms with Crippen LogP contribution in [0.1, 0.15) is 13.3 Å². The summed E-state index contributed by atoms with van der Waals surface area (Å²) < 4.78 is 10.2. The molecule has 94 valence electrons. The SMILES string of the molecule is CCCOc1cccnc1N(C)CC(=O)OC. The fourth-order valence-electron chi connectivity index (χ4n) is 1.33. The Bertz CT molecular complexity index is 369. The number of nitrogens with zero attached hydrogens (tertiary/aromatic N) is 2. The Morgan fingerprint density at radius 1 is 1.53 bits per heavy atom. The average molecular weight is 238 g/mol. The molecule has 0 atom stereocenters. The number of methoxy groups -OCH3 is 1. The van der Waals surface area contributed by atoms with Crippen LogP contribution in [0.15, 0.2) is 18.3 Å². The molecule has 0 fully saturated rings. The van der Waals surface area contributed by atoms with E-state index in [1.165, 1.54) is 7.11 Å². The van der Waals surface area contributed by atoms with E-state index in [9.17, 15) is 4.79 Å². The van der Waals surface area contributed by atoms with Gasteiger partial charge in [-0.1, -0.05) is 6.92 Å². The second-order valence-corrected chi connectivity index (χ2v) is 3.61. The van der Waals surface area contributed by atoms with Crippen LogP contribution in [0.4, 0.5) is 5.82 Å². The van der Waals surface area contributed by atoms with Crippen molar-refractivity contribution in [2.75, 3.05) is 32.2 Å². The Labute approximate surface area is 101 Å². The van der Waals surface area contributed by atoms with Gasteiger partial charge in [0.2, 0.25) is 0 Å². The molecule has 1 rings (SSSR count). The topological polar surface area (TPSA) is 51.7 Å². The van der Waals surface area contributed by atoms with Crippen LogP contribution in [0.5, 0.6) is 5.75 Å². The highest BCUT2D eigenvalue weighted by Gasteiger charge is 2.13. The van der Waals surface area contributed by atoms with E-state index in [1.807, 2.05) is 13.0 Å². The van der Waals surface area contributed by atoms with Gasteiger partial charge in [0, 0.05) is 13.2 Å². The van der Waals surface area contributed by atoms with E-state index in [-0.39, 0.29) is 12.5 Å². The smallest absolute Gasteiger partial charge is 0.325 e. The zero-order valence-corrected chi connectivity index (χ0v) is 10.5. The molecule has 5 nitrogen and oxygen atoms in total. The van der Waals surface area contributed by atoms with Crippen LogP contribution in [0, 0.1) is 0 Å². The Balaban J connectivity index is 2.77. The molecule has 17 heavy (non-hydrogen) atoms. The lowest BCUT2D eigenvalue weighted by Gasteiger charge is -2.19. The third-order valence-corrected chi connectivity index (χ3v) is 2.17. The summed E-state index contributed by atoms with van der Waals surface area (Å²) in [6.07, 6.45) is 2.59. The summed E-state index contributed by atoms with van der Waals surface area (Å²) in [6.45, 7) is 2.81. The summed E-state index contributed by atoms with van der Waals surface area (Å²) in [4.78, 5) is 17.1. The van der Waals surface area contributed by atoms with Crippen molar-refractivity contribution in [2.24, 2.45) is 0 Å². The van der Waals surface area contributed by atoms with Crippen LogP contribution in [-0.4, -0.2) is 38.3 Å². The number of ether oxygens (including phenoxy) is 2. The highest BCUT2D eigenvalue weighted by atomic mass is 16.5. The number of likely N-dealkylation sites (N-methyl/N-ethyl adjacent to an activating group) is 1. The summed E-state index contributed by atoms with van der Waals surface area (Å²) >= 11 is 0. The molecular weight excluding hydrogens is 220 g/mol. The number of rotatable bonds is 6. The minimum absolute atomic E-state index is 0.149. The van der Waals surface area contributed by atoms with E-state index in [2.05, 4.69) is 9.72 Å². The molecule has 0 aliphatic carbocycles. The highest BCUT2D eigenvalue weighted by Crippen LogP contribution is 2.24. The standard InChI is InChI=1S/C12H18N2O3/c1-4-8-17-10-6-5-7-13-12(10)14(2)9-11(15)16-3/h5-7H,4,8-9H2,1-3H3. The molecule has 0 bridgehead atoms. The summed E-state index contributed by atoms with van der Waals surface area (Å²) in [6, 6.07) is 3.65. The predicted octanol–water partition coefficient (Wildman–Crippen LogP) is 1.48. The van der Waals surface area contributed by atoms with Crippen LogP contribution >= 0.6 is 0 Å². The zero-order valence-electron chi connectivity index (χ0n) is 10.5. The number of hydrogen-bond donors (Lipinski definition) is 0. The summed E-state index contributed by atoms with van der Waals surface area (Å²) in [5.41, 5.74) is 0.